The minimum Gasteiger partial charge on any atom is -0.475 e. The summed E-state index contributed by atoms with van der Waals surface area (Å²) in [7, 11) is 1.28. The summed E-state index contributed by atoms with van der Waals surface area (Å²) in [6.45, 7) is 0. The van der Waals surface area contributed by atoms with Crippen LogP contribution in [-0.4, -0.2) is 22.0 Å². The van der Waals surface area contributed by atoms with Crippen LogP contribution in [0.3, 0.4) is 0 Å². The number of methoxy groups -OCH3 is 1. The standard InChI is InChI=1S/C5H4N3O3/c1-11-5-4(8(9)10)6-2-3-7-5/h2H,1H3. The Morgan fingerprint density at radius 2 is 2.55 bits per heavy atom. The first-order chi connectivity index (χ1) is 5.25. The quantitative estimate of drug-likeness (QED) is 0.449. The first-order valence-electron chi connectivity index (χ1n) is 2.67. The molecule has 1 radical (unpaired) electrons. The lowest BCUT2D eigenvalue weighted by molar-refractivity contribution is -0.390. The fourth-order valence-electron chi connectivity index (χ4n) is 0.545. The van der Waals surface area contributed by atoms with Crippen molar-refractivity contribution < 1.29 is 9.66 Å². The highest BCUT2D eigenvalue weighted by Gasteiger charge is 2.15. The Bertz CT molecular complexity index is 275. The zero-order valence-corrected chi connectivity index (χ0v) is 5.64. The number of nitro groups is 1. The van der Waals surface area contributed by atoms with Gasteiger partial charge in [-0.15, -0.1) is 0 Å². The van der Waals surface area contributed by atoms with E-state index in [0.717, 1.165) is 6.20 Å². The van der Waals surface area contributed by atoms with Crippen molar-refractivity contribution in [1.29, 1.82) is 0 Å². The van der Waals surface area contributed by atoms with Crippen LogP contribution < -0.4 is 4.74 Å². The topological polar surface area (TPSA) is 78.2 Å². The molecule has 0 saturated heterocycles. The van der Waals surface area contributed by atoms with Crippen LogP contribution in [0.25, 0.3) is 0 Å². The molecule has 0 amide bonds. The maximum absolute atomic E-state index is 10.2. The molecule has 0 aliphatic carbocycles. The summed E-state index contributed by atoms with van der Waals surface area (Å²) in [4.78, 5) is 16.4. The third-order valence-corrected chi connectivity index (χ3v) is 0.968. The van der Waals surface area contributed by atoms with E-state index in [9.17, 15) is 10.1 Å². The zero-order valence-electron chi connectivity index (χ0n) is 5.64. The molecule has 0 saturated carbocycles. The van der Waals surface area contributed by atoms with E-state index in [1.165, 1.54) is 7.11 Å². The smallest absolute Gasteiger partial charge is 0.426 e. The van der Waals surface area contributed by atoms with E-state index >= 15 is 0 Å². The molecule has 0 unspecified atom stereocenters. The molecule has 1 rings (SSSR count). The summed E-state index contributed by atoms with van der Waals surface area (Å²) in [5.74, 6) is -0.524. The van der Waals surface area contributed by atoms with Gasteiger partial charge in [0.05, 0.1) is 7.11 Å². The highest BCUT2D eigenvalue weighted by atomic mass is 16.6. The minimum absolute atomic E-state index is 0.127. The number of nitrogens with zero attached hydrogens (tertiary/aromatic N) is 3. The van der Waals surface area contributed by atoms with E-state index in [0.29, 0.717) is 0 Å². The molecule has 0 aliphatic heterocycles. The van der Waals surface area contributed by atoms with Crippen LogP contribution in [0.2, 0.25) is 0 Å². The summed E-state index contributed by atoms with van der Waals surface area (Å²) in [5.41, 5.74) is 0. The van der Waals surface area contributed by atoms with Gasteiger partial charge in [-0.1, -0.05) is 0 Å². The van der Waals surface area contributed by atoms with Crippen LogP contribution in [0.5, 0.6) is 5.88 Å². The Hall–Kier alpha value is -1.72. The van der Waals surface area contributed by atoms with Crippen molar-refractivity contribution in [2.24, 2.45) is 0 Å². The lowest BCUT2D eigenvalue weighted by Gasteiger charge is -1.96. The van der Waals surface area contributed by atoms with E-state index < -0.39 is 10.7 Å². The van der Waals surface area contributed by atoms with Crippen molar-refractivity contribution >= 4 is 5.82 Å². The third-order valence-electron chi connectivity index (χ3n) is 0.968. The molecule has 6 nitrogen and oxygen atoms in total. The Kier molecular flexibility index (Phi) is 1.95. The second-order valence-corrected chi connectivity index (χ2v) is 1.59. The van der Waals surface area contributed by atoms with Gasteiger partial charge in [-0.2, -0.15) is 0 Å². The molecular weight excluding hydrogens is 150 g/mol. The minimum atomic E-state index is -0.667. The van der Waals surface area contributed by atoms with Gasteiger partial charge in [0, 0.05) is 0 Å². The highest BCUT2D eigenvalue weighted by molar-refractivity contribution is 5.30. The molecule has 11 heavy (non-hydrogen) atoms. The highest BCUT2D eigenvalue weighted by Crippen LogP contribution is 2.17. The van der Waals surface area contributed by atoms with Crippen LogP contribution in [0.4, 0.5) is 5.82 Å². The van der Waals surface area contributed by atoms with Crippen molar-refractivity contribution in [3.05, 3.63) is 22.5 Å². The van der Waals surface area contributed by atoms with Crippen molar-refractivity contribution in [3.8, 4) is 5.88 Å². The van der Waals surface area contributed by atoms with Gasteiger partial charge in [0.25, 0.3) is 0 Å². The molecule has 0 fully saturated rings. The lowest BCUT2D eigenvalue weighted by atomic mass is 10.6. The first-order valence-corrected chi connectivity index (χ1v) is 2.67. The summed E-state index contributed by atoms with van der Waals surface area (Å²) in [5, 5.41) is 10.2. The molecule has 0 N–H and O–H groups in total. The zero-order chi connectivity index (χ0) is 8.27. The Morgan fingerprint density at radius 1 is 1.82 bits per heavy atom. The molecule has 6 heteroatoms. The summed E-state index contributed by atoms with van der Waals surface area (Å²) in [6.07, 6.45) is 3.43. The molecule has 0 aromatic carbocycles. The average molecular weight is 154 g/mol. The first kappa shape index (κ1) is 7.39. The Balaban J connectivity index is 3.12. The average Bonchev–Trinajstić information content (AvgIpc) is 2.04. The molecule has 0 bridgehead atoms. The van der Waals surface area contributed by atoms with Crippen molar-refractivity contribution in [1.82, 2.24) is 9.97 Å². The second-order valence-electron chi connectivity index (χ2n) is 1.59. The Labute approximate surface area is 62.0 Å². The molecule has 0 spiro atoms. The fraction of sp³-hybridized carbons (Fsp3) is 0.200. The number of aromatic nitrogens is 2. The fourth-order valence-corrected chi connectivity index (χ4v) is 0.545. The number of hydrogen-bond acceptors (Lipinski definition) is 5. The van der Waals surface area contributed by atoms with Gasteiger partial charge in [-0.3, -0.25) is 0 Å². The third kappa shape index (κ3) is 1.40. The lowest BCUT2D eigenvalue weighted by Crippen LogP contribution is -1.97. The van der Waals surface area contributed by atoms with E-state index in [1.807, 2.05) is 0 Å². The van der Waals surface area contributed by atoms with Gasteiger partial charge in [0.2, 0.25) is 0 Å². The van der Waals surface area contributed by atoms with Gasteiger partial charge in [-0.05, 0) is 9.91 Å². The largest absolute Gasteiger partial charge is 0.475 e. The van der Waals surface area contributed by atoms with E-state index in [-0.39, 0.29) is 5.88 Å². The normalized spacial score (nSPS) is 9.18. The van der Waals surface area contributed by atoms with E-state index in [2.05, 4.69) is 20.9 Å². The van der Waals surface area contributed by atoms with Crippen LogP contribution in [0.1, 0.15) is 0 Å². The summed E-state index contributed by atoms with van der Waals surface area (Å²) in [6, 6.07) is 0. The molecule has 0 atom stereocenters. The van der Waals surface area contributed by atoms with E-state index in [1.54, 1.807) is 0 Å². The molecule has 57 valence electrons. The SMILES string of the molecule is COc1n[c]cnc1[N+](=O)[O-]. The van der Waals surface area contributed by atoms with Crippen LogP contribution in [0.15, 0.2) is 6.20 Å². The van der Waals surface area contributed by atoms with E-state index in [4.69, 9.17) is 0 Å². The van der Waals surface area contributed by atoms with Gasteiger partial charge in [0.15, 0.2) is 6.20 Å². The molecular formula is C5H4N3O3. The summed E-state index contributed by atoms with van der Waals surface area (Å²) >= 11 is 0. The maximum atomic E-state index is 10.2. The number of ether oxygens (including phenoxy) is 1. The van der Waals surface area contributed by atoms with Crippen molar-refractivity contribution in [2.75, 3.05) is 7.11 Å². The molecule has 0 aliphatic rings. The molecule has 1 aromatic heterocycles. The predicted octanol–water partition coefficient (Wildman–Crippen LogP) is 0.194. The number of rotatable bonds is 2. The van der Waals surface area contributed by atoms with Crippen LogP contribution >= 0.6 is 0 Å². The van der Waals surface area contributed by atoms with Gasteiger partial charge < -0.3 is 14.9 Å². The van der Waals surface area contributed by atoms with Crippen LogP contribution in [0, 0.1) is 16.3 Å². The maximum Gasteiger partial charge on any atom is 0.426 e. The number of hydrogen-bond donors (Lipinski definition) is 0. The second kappa shape index (κ2) is 2.91. The van der Waals surface area contributed by atoms with Crippen LogP contribution in [-0.2, 0) is 0 Å². The van der Waals surface area contributed by atoms with Crippen molar-refractivity contribution in [2.45, 2.75) is 0 Å². The summed E-state index contributed by atoms with van der Waals surface area (Å²) < 4.78 is 4.56. The van der Waals surface area contributed by atoms with Crippen molar-refractivity contribution in [3.63, 3.8) is 0 Å². The van der Waals surface area contributed by atoms with Gasteiger partial charge in [-0.25, -0.2) is 4.98 Å². The van der Waals surface area contributed by atoms with Gasteiger partial charge >= 0.3 is 11.7 Å². The Morgan fingerprint density at radius 3 is 3.00 bits per heavy atom. The molecule has 1 aromatic rings. The monoisotopic (exact) mass is 154 g/mol. The van der Waals surface area contributed by atoms with Gasteiger partial charge in [0.1, 0.15) is 6.20 Å². The molecule has 1 heterocycles. The predicted molar refractivity (Wildman–Crippen MR) is 34.1 cm³/mol.